The zero-order valence-electron chi connectivity index (χ0n) is 10.6. The highest BCUT2D eigenvalue weighted by molar-refractivity contribution is 5.37. The fourth-order valence-corrected chi connectivity index (χ4v) is 2.55. The van der Waals surface area contributed by atoms with Crippen molar-refractivity contribution in [1.29, 1.82) is 0 Å². The summed E-state index contributed by atoms with van der Waals surface area (Å²) in [5.74, 6) is 0.420. The van der Waals surface area contributed by atoms with Crippen LogP contribution < -0.4 is 11.1 Å². The van der Waals surface area contributed by atoms with Gasteiger partial charge in [0.2, 0.25) is 0 Å². The van der Waals surface area contributed by atoms with Crippen LogP contribution in [0, 0.1) is 5.92 Å². The maximum Gasteiger partial charge on any atom is 0.0587 e. The van der Waals surface area contributed by atoms with Gasteiger partial charge in [-0.1, -0.05) is 38.1 Å². The lowest BCUT2D eigenvalue weighted by Gasteiger charge is -2.25. The number of hydrogen-bond donors (Lipinski definition) is 3. The largest absolute Gasteiger partial charge is 0.395 e. The minimum atomic E-state index is 0.121. The maximum absolute atomic E-state index is 9.38. The molecule has 4 N–H and O–H groups in total. The van der Waals surface area contributed by atoms with E-state index >= 15 is 0 Å². The summed E-state index contributed by atoms with van der Waals surface area (Å²) in [6.07, 6.45) is 0.919. The van der Waals surface area contributed by atoms with E-state index in [1.54, 1.807) is 0 Å². The Labute approximate surface area is 103 Å². The standard InChI is InChI=1S/C14H22N2O/c1-9(2)14(8-17)16-13-7-12(15)10-5-3-4-6-11(10)13/h3-6,9,12-14,16-17H,7-8,15H2,1-2H3/t12?,13?,14-/m1/s1. The predicted octanol–water partition coefficient (Wildman–Crippen LogP) is 1.74. The smallest absolute Gasteiger partial charge is 0.0587 e. The summed E-state index contributed by atoms with van der Waals surface area (Å²) in [4.78, 5) is 0. The summed E-state index contributed by atoms with van der Waals surface area (Å²) in [6, 6.07) is 8.86. The third kappa shape index (κ3) is 2.51. The summed E-state index contributed by atoms with van der Waals surface area (Å²) in [5, 5.41) is 12.9. The Morgan fingerprint density at radius 2 is 2.00 bits per heavy atom. The number of aliphatic hydroxyl groups is 1. The highest BCUT2D eigenvalue weighted by atomic mass is 16.3. The van der Waals surface area contributed by atoms with Crippen molar-refractivity contribution >= 4 is 0 Å². The Bertz CT molecular complexity index is 378. The topological polar surface area (TPSA) is 58.3 Å². The first kappa shape index (κ1) is 12.6. The van der Waals surface area contributed by atoms with Crippen LogP contribution in [0.25, 0.3) is 0 Å². The summed E-state index contributed by atoms with van der Waals surface area (Å²) in [6.45, 7) is 4.41. The second kappa shape index (κ2) is 5.17. The Morgan fingerprint density at radius 1 is 1.35 bits per heavy atom. The molecule has 3 nitrogen and oxygen atoms in total. The number of nitrogens with two attached hydrogens (primary N) is 1. The van der Waals surface area contributed by atoms with Crippen LogP contribution in [0.2, 0.25) is 0 Å². The third-order valence-electron chi connectivity index (χ3n) is 3.68. The molecule has 17 heavy (non-hydrogen) atoms. The van der Waals surface area contributed by atoms with Gasteiger partial charge in [0.1, 0.15) is 0 Å². The number of hydrogen-bond acceptors (Lipinski definition) is 3. The average molecular weight is 234 g/mol. The van der Waals surface area contributed by atoms with Crippen LogP contribution in [0.4, 0.5) is 0 Å². The molecule has 2 rings (SSSR count). The molecule has 0 saturated heterocycles. The van der Waals surface area contributed by atoms with Gasteiger partial charge in [0, 0.05) is 18.1 Å². The van der Waals surface area contributed by atoms with Crippen molar-refractivity contribution in [3.05, 3.63) is 35.4 Å². The molecule has 1 aliphatic carbocycles. The van der Waals surface area contributed by atoms with E-state index in [9.17, 15) is 5.11 Å². The van der Waals surface area contributed by atoms with Gasteiger partial charge in [-0.2, -0.15) is 0 Å². The van der Waals surface area contributed by atoms with Crippen molar-refractivity contribution in [2.45, 2.75) is 38.4 Å². The minimum Gasteiger partial charge on any atom is -0.395 e. The predicted molar refractivity (Wildman–Crippen MR) is 69.6 cm³/mol. The van der Waals surface area contributed by atoms with Crippen LogP contribution in [0.15, 0.2) is 24.3 Å². The van der Waals surface area contributed by atoms with Crippen molar-refractivity contribution in [2.75, 3.05) is 6.61 Å². The van der Waals surface area contributed by atoms with E-state index in [-0.39, 0.29) is 24.7 Å². The molecule has 1 aliphatic rings. The molecule has 3 atom stereocenters. The molecule has 1 aromatic rings. The first-order chi connectivity index (χ1) is 8.13. The molecular weight excluding hydrogens is 212 g/mol. The van der Waals surface area contributed by atoms with Crippen molar-refractivity contribution in [1.82, 2.24) is 5.32 Å². The van der Waals surface area contributed by atoms with E-state index in [1.165, 1.54) is 11.1 Å². The molecule has 0 fully saturated rings. The molecule has 1 aromatic carbocycles. The van der Waals surface area contributed by atoms with Gasteiger partial charge in [-0.3, -0.25) is 0 Å². The van der Waals surface area contributed by atoms with Gasteiger partial charge < -0.3 is 16.2 Å². The molecule has 0 amide bonds. The van der Waals surface area contributed by atoms with Crippen LogP contribution in [0.1, 0.15) is 43.5 Å². The average Bonchev–Trinajstić information content (AvgIpc) is 2.63. The van der Waals surface area contributed by atoms with Crippen molar-refractivity contribution in [3.8, 4) is 0 Å². The summed E-state index contributed by atoms with van der Waals surface area (Å²) in [7, 11) is 0. The zero-order chi connectivity index (χ0) is 12.4. The molecule has 0 aromatic heterocycles. The van der Waals surface area contributed by atoms with Gasteiger partial charge in [0.25, 0.3) is 0 Å². The number of rotatable bonds is 4. The van der Waals surface area contributed by atoms with Crippen LogP contribution in [0.5, 0.6) is 0 Å². The molecule has 0 spiro atoms. The lowest BCUT2D eigenvalue weighted by atomic mass is 10.0. The second-order valence-electron chi connectivity index (χ2n) is 5.22. The van der Waals surface area contributed by atoms with E-state index in [1.807, 2.05) is 6.07 Å². The Kier molecular flexibility index (Phi) is 3.82. The van der Waals surface area contributed by atoms with E-state index in [0.29, 0.717) is 5.92 Å². The summed E-state index contributed by atoms with van der Waals surface area (Å²) in [5.41, 5.74) is 8.66. The molecule has 0 aliphatic heterocycles. The lowest BCUT2D eigenvalue weighted by molar-refractivity contribution is 0.198. The highest BCUT2D eigenvalue weighted by Gasteiger charge is 2.29. The van der Waals surface area contributed by atoms with Crippen LogP contribution in [-0.2, 0) is 0 Å². The Hall–Kier alpha value is -0.900. The van der Waals surface area contributed by atoms with E-state index in [4.69, 9.17) is 5.73 Å². The highest BCUT2D eigenvalue weighted by Crippen LogP contribution is 2.37. The normalized spacial score (nSPS) is 25.0. The molecular formula is C14H22N2O. The third-order valence-corrected chi connectivity index (χ3v) is 3.68. The maximum atomic E-state index is 9.38. The van der Waals surface area contributed by atoms with Crippen molar-refractivity contribution < 1.29 is 5.11 Å². The Morgan fingerprint density at radius 3 is 2.59 bits per heavy atom. The fraction of sp³-hybridized carbons (Fsp3) is 0.571. The second-order valence-corrected chi connectivity index (χ2v) is 5.22. The SMILES string of the molecule is CC(C)[C@@H](CO)NC1CC(N)c2ccccc21. The van der Waals surface area contributed by atoms with Crippen molar-refractivity contribution in [3.63, 3.8) is 0 Å². The van der Waals surface area contributed by atoms with E-state index in [2.05, 4.69) is 37.4 Å². The molecule has 0 saturated carbocycles. The molecule has 2 unspecified atom stereocenters. The number of benzene rings is 1. The van der Waals surface area contributed by atoms with Gasteiger partial charge in [-0.15, -0.1) is 0 Å². The van der Waals surface area contributed by atoms with Crippen LogP contribution in [-0.4, -0.2) is 17.8 Å². The van der Waals surface area contributed by atoms with Gasteiger partial charge >= 0.3 is 0 Å². The van der Waals surface area contributed by atoms with E-state index in [0.717, 1.165) is 6.42 Å². The molecule has 0 bridgehead atoms. The van der Waals surface area contributed by atoms with Crippen LogP contribution in [0.3, 0.4) is 0 Å². The number of aliphatic hydroxyl groups excluding tert-OH is 1. The Balaban J connectivity index is 2.14. The summed E-state index contributed by atoms with van der Waals surface area (Å²) >= 11 is 0. The van der Waals surface area contributed by atoms with Crippen molar-refractivity contribution in [2.24, 2.45) is 11.7 Å². The monoisotopic (exact) mass is 234 g/mol. The van der Waals surface area contributed by atoms with Crippen LogP contribution >= 0.6 is 0 Å². The molecule has 3 heteroatoms. The molecule has 94 valence electrons. The fourth-order valence-electron chi connectivity index (χ4n) is 2.55. The van der Waals surface area contributed by atoms with Gasteiger partial charge in [-0.05, 0) is 23.5 Å². The van der Waals surface area contributed by atoms with E-state index < -0.39 is 0 Å². The minimum absolute atomic E-state index is 0.121. The first-order valence-electron chi connectivity index (χ1n) is 6.34. The van der Waals surface area contributed by atoms with Gasteiger partial charge in [0.15, 0.2) is 0 Å². The molecule has 0 radical (unpaired) electrons. The quantitative estimate of drug-likeness (QED) is 0.743. The number of nitrogens with one attached hydrogen (secondary N) is 1. The zero-order valence-corrected chi connectivity index (χ0v) is 10.6. The number of fused-ring (bicyclic) bond motifs is 1. The summed E-state index contributed by atoms with van der Waals surface area (Å²) < 4.78 is 0. The van der Waals surface area contributed by atoms with Gasteiger partial charge in [0.05, 0.1) is 6.61 Å². The first-order valence-corrected chi connectivity index (χ1v) is 6.34. The lowest BCUT2D eigenvalue weighted by Crippen LogP contribution is -2.39. The van der Waals surface area contributed by atoms with Gasteiger partial charge in [-0.25, -0.2) is 0 Å². The molecule has 0 heterocycles.